The van der Waals surface area contributed by atoms with Crippen LogP contribution in [0.4, 0.5) is 5.69 Å². The van der Waals surface area contributed by atoms with E-state index in [9.17, 15) is 13.2 Å². The minimum atomic E-state index is -3.91. The van der Waals surface area contributed by atoms with Crippen molar-refractivity contribution in [1.82, 2.24) is 9.19 Å². The maximum atomic E-state index is 13.5. The van der Waals surface area contributed by atoms with Gasteiger partial charge in [0.1, 0.15) is 0 Å². The average Bonchev–Trinajstić information content (AvgIpc) is 3.18. The quantitative estimate of drug-likeness (QED) is 0.493. The summed E-state index contributed by atoms with van der Waals surface area (Å²) in [6.07, 6.45) is 1.76. The number of primary amides is 1. The van der Waals surface area contributed by atoms with E-state index < -0.39 is 10.0 Å². The molecule has 0 aliphatic carbocycles. The second-order valence-electron chi connectivity index (χ2n) is 7.01. The highest BCUT2D eigenvalue weighted by molar-refractivity contribution is 7.90. The van der Waals surface area contributed by atoms with E-state index in [1.165, 1.54) is 0 Å². The molecule has 154 valence electrons. The van der Waals surface area contributed by atoms with Gasteiger partial charge < -0.3 is 10.6 Å². The maximum Gasteiger partial charge on any atom is 0.284 e. The smallest absolute Gasteiger partial charge is 0.284 e. The van der Waals surface area contributed by atoms with Gasteiger partial charge >= 0.3 is 0 Å². The standard InChI is InChI=1S/C22H22N4O3S/c1-2-25(13-12-22(23)27)18-11-10-17-15-24-26(20(17)14-18)30(28,29)21-9-5-7-16-6-3-4-8-19(16)21/h3-11,14-15H,2,12-13H2,1H3,(H2,23,27). The Labute approximate surface area is 174 Å². The molecule has 0 atom stereocenters. The van der Waals surface area contributed by atoms with Crippen molar-refractivity contribution in [3.8, 4) is 0 Å². The lowest BCUT2D eigenvalue weighted by Crippen LogP contribution is -2.27. The first-order chi connectivity index (χ1) is 14.4. The number of benzene rings is 3. The van der Waals surface area contributed by atoms with Crippen LogP contribution in [0.3, 0.4) is 0 Å². The van der Waals surface area contributed by atoms with E-state index in [4.69, 9.17) is 5.73 Å². The number of carbonyl (C=O) groups excluding carboxylic acids is 1. The number of rotatable bonds is 7. The molecule has 30 heavy (non-hydrogen) atoms. The zero-order chi connectivity index (χ0) is 21.3. The van der Waals surface area contributed by atoms with Crippen LogP contribution in [0, 0.1) is 0 Å². The van der Waals surface area contributed by atoms with E-state index in [0.29, 0.717) is 29.4 Å². The van der Waals surface area contributed by atoms with Gasteiger partial charge in [-0.15, -0.1) is 0 Å². The fourth-order valence-electron chi connectivity index (χ4n) is 3.60. The van der Waals surface area contributed by atoms with Crippen molar-refractivity contribution >= 4 is 43.3 Å². The lowest BCUT2D eigenvalue weighted by Gasteiger charge is -2.22. The average molecular weight is 423 g/mol. The molecule has 1 amide bonds. The Hall–Kier alpha value is -3.39. The van der Waals surface area contributed by atoms with Gasteiger partial charge in [-0.2, -0.15) is 17.6 Å². The summed E-state index contributed by atoms with van der Waals surface area (Å²) >= 11 is 0. The topological polar surface area (TPSA) is 98.3 Å². The highest BCUT2D eigenvalue weighted by Crippen LogP contribution is 2.28. The molecule has 8 heteroatoms. The van der Waals surface area contributed by atoms with Gasteiger partial charge in [-0.3, -0.25) is 4.79 Å². The summed E-state index contributed by atoms with van der Waals surface area (Å²) in [5, 5.41) is 6.40. The molecule has 2 N–H and O–H groups in total. The minimum Gasteiger partial charge on any atom is -0.371 e. The van der Waals surface area contributed by atoms with Crippen LogP contribution in [0.25, 0.3) is 21.7 Å². The van der Waals surface area contributed by atoms with Crippen LogP contribution >= 0.6 is 0 Å². The lowest BCUT2D eigenvalue weighted by molar-refractivity contribution is -0.117. The van der Waals surface area contributed by atoms with Crippen molar-refractivity contribution in [2.75, 3.05) is 18.0 Å². The first-order valence-electron chi connectivity index (χ1n) is 9.66. The number of fused-ring (bicyclic) bond motifs is 2. The van der Waals surface area contributed by atoms with Crippen molar-refractivity contribution in [1.29, 1.82) is 0 Å². The molecule has 0 fully saturated rings. The Balaban J connectivity index is 1.83. The molecule has 4 rings (SSSR count). The van der Waals surface area contributed by atoms with Crippen LogP contribution in [0.5, 0.6) is 0 Å². The molecule has 3 aromatic carbocycles. The molecular weight excluding hydrogens is 400 g/mol. The van der Waals surface area contributed by atoms with Crippen LogP contribution in [-0.2, 0) is 14.8 Å². The monoisotopic (exact) mass is 422 g/mol. The Bertz CT molecular complexity index is 1340. The van der Waals surface area contributed by atoms with E-state index in [2.05, 4.69) is 5.10 Å². The number of hydrogen-bond acceptors (Lipinski definition) is 5. The van der Waals surface area contributed by atoms with E-state index in [0.717, 1.165) is 15.2 Å². The van der Waals surface area contributed by atoms with Gasteiger partial charge in [-0.05, 0) is 36.6 Å². The van der Waals surface area contributed by atoms with Crippen molar-refractivity contribution in [3.05, 3.63) is 66.9 Å². The van der Waals surface area contributed by atoms with Gasteiger partial charge in [0.05, 0.1) is 16.6 Å². The molecule has 1 heterocycles. The van der Waals surface area contributed by atoms with Gasteiger partial charge in [-0.25, -0.2) is 0 Å². The predicted molar refractivity (Wildman–Crippen MR) is 118 cm³/mol. The molecule has 4 aromatic rings. The fourth-order valence-corrected chi connectivity index (χ4v) is 5.09. The van der Waals surface area contributed by atoms with E-state index >= 15 is 0 Å². The number of anilines is 1. The number of nitrogens with zero attached hydrogens (tertiary/aromatic N) is 3. The van der Waals surface area contributed by atoms with Crippen molar-refractivity contribution < 1.29 is 13.2 Å². The molecule has 0 bridgehead atoms. The third-order valence-electron chi connectivity index (χ3n) is 5.15. The number of carbonyl (C=O) groups is 1. The minimum absolute atomic E-state index is 0.206. The van der Waals surface area contributed by atoms with Crippen molar-refractivity contribution in [2.45, 2.75) is 18.2 Å². The normalized spacial score (nSPS) is 11.8. The Morgan fingerprint density at radius 2 is 1.83 bits per heavy atom. The Morgan fingerprint density at radius 1 is 1.07 bits per heavy atom. The molecule has 0 saturated carbocycles. The summed E-state index contributed by atoms with van der Waals surface area (Å²) in [6, 6.07) is 18.1. The highest BCUT2D eigenvalue weighted by Gasteiger charge is 2.23. The lowest BCUT2D eigenvalue weighted by atomic mass is 10.1. The molecule has 1 aromatic heterocycles. The second-order valence-corrected chi connectivity index (χ2v) is 8.74. The molecule has 7 nitrogen and oxygen atoms in total. The molecular formula is C22H22N4O3S. The second kappa shape index (κ2) is 7.79. The van der Waals surface area contributed by atoms with Crippen LogP contribution in [0.1, 0.15) is 13.3 Å². The van der Waals surface area contributed by atoms with Crippen LogP contribution in [0.15, 0.2) is 71.8 Å². The number of aromatic nitrogens is 2. The van der Waals surface area contributed by atoms with Gasteiger partial charge in [0, 0.05) is 36.0 Å². The summed E-state index contributed by atoms with van der Waals surface area (Å²) in [5.41, 5.74) is 6.57. The van der Waals surface area contributed by atoms with Crippen molar-refractivity contribution in [2.24, 2.45) is 5.73 Å². The first-order valence-corrected chi connectivity index (χ1v) is 11.1. The molecule has 0 aliphatic heterocycles. The number of amides is 1. The molecule has 0 radical (unpaired) electrons. The van der Waals surface area contributed by atoms with Crippen molar-refractivity contribution in [3.63, 3.8) is 0 Å². The molecule has 0 saturated heterocycles. The summed E-state index contributed by atoms with van der Waals surface area (Å²) < 4.78 is 28.1. The Morgan fingerprint density at radius 3 is 2.60 bits per heavy atom. The summed E-state index contributed by atoms with van der Waals surface area (Å²) in [6.45, 7) is 3.08. The van der Waals surface area contributed by atoms with Crippen LogP contribution in [-0.4, -0.2) is 36.6 Å². The zero-order valence-corrected chi connectivity index (χ0v) is 17.3. The van der Waals surface area contributed by atoms with Gasteiger partial charge in [-0.1, -0.05) is 36.4 Å². The molecule has 0 spiro atoms. The zero-order valence-electron chi connectivity index (χ0n) is 16.5. The van der Waals surface area contributed by atoms with Crippen LogP contribution < -0.4 is 10.6 Å². The molecule has 0 unspecified atom stereocenters. The number of nitrogens with two attached hydrogens (primary N) is 1. The van der Waals surface area contributed by atoms with Gasteiger partial charge in [0.15, 0.2) is 0 Å². The highest BCUT2D eigenvalue weighted by atomic mass is 32.2. The third kappa shape index (κ3) is 3.50. The summed E-state index contributed by atoms with van der Waals surface area (Å²) in [4.78, 5) is 13.4. The number of hydrogen-bond donors (Lipinski definition) is 1. The van der Waals surface area contributed by atoms with E-state index in [1.54, 1.807) is 30.5 Å². The van der Waals surface area contributed by atoms with E-state index in [-0.39, 0.29) is 17.2 Å². The predicted octanol–water partition coefficient (Wildman–Crippen LogP) is 3.13. The summed E-state index contributed by atoms with van der Waals surface area (Å²) in [5.74, 6) is -0.377. The molecule has 0 aliphatic rings. The van der Waals surface area contributed by atoms with Gasteiger partial charge in [0.2, 0.25) is 5.91 Å². The van der Waals surface area contributed by atoms with Crippen LogP contribution in [0.2, 0.25) is 0 Å². The SMILES string of the molecule is CCN(CCC(N)=O)c1ccc2cnn(S(=O)(=O)c3cccc4ccccc34)c2c1. The maximum absolute atomic E-state index is 13.5. The summed E-state index contributed by atoms with van der Waals surface area (Å²) in [7, 11) is -3.91. The van der Waals surface area contributed by atoms with Gasteiger partial charge in [0.25, 0.3) is 10.0 Å². The fraction of sp³-hybridized carbons (Fsp3) is 0.182. The third-order valence-corrected chi connectivity index (χ3v) is 6.81. The Kier molecular flexibility index (Phi) is 5.17. The first kappa shape index (κ1) is 19.9. The largest absolute Gasteiger partial charge is 0.371 e. The van der Waals surface area contributed by atoms with E-state index in [1.807, 2.05) is 48.2 Å².